The maximum atomic E-state index is 14.0. The number of ether oxygens (including phenoxy) is 1. The zero-order valence-electron chi connectivity index (χ0n) is 17.9. The highest BCUT2D eigenvalue weighted by atomic mass is 19.4. The molecule has 1 saturated carbocycles. The Bertz CT molecular complexity index is 1030. The van der Waals surface area contributed by atoms with Gasteiger partial charge in [0.05, 0.1) is 29.7 Å². The summed E-state index contributed by atoms with van der Waals surface area (Å²) in [5, 5.41) is 0. The van der Waals surface area contributed by atoms with Crippen molar-refractivity contribution >= 4 is 5.91 Å². The summed E-state index contributed by atoms with van der Waals surface area (Å²) in [6.07, 6.45) is 1.92. The van der Waals surface area contributed by atoms with Gasteiger partial charge in [-0.1, -0.05) is 6.07 Å². The molecule has 0 N–H and O–H groups in total. The number of carbonyl (C=O) groups excluding carboxylic acids is 1. The lowest BCUT2D eigenvalue weighted by atomic mass is 10.1. The molecule has 3 fully saturated rings. The molecule has 5 rings (SSSR count). The van der Waals surface area contributed by atoms with Crippen molar-refractivity contribution in [1.82, 2.24) is 19.8 Å². The largest absolute Gasteiger partial charge is 0.472 e. The third-order valence-corrected chi connectivity index (χ3v) is 6.48. The zero-order valence-corrected chi connectivity index (χ0v) is 17.9. The highest BCUT2D eigenvalue weighted by molar-refractivity contribution is 5.82. The minimum atomic E-state index is -4.75. The van der Waals surface area contributed by atoms with Crippen LogP contribution in [0.15, 0.2) is 30.6 Å². The topological polar surface area (TPSA) is 58.6 Å². The summed E-state index contributed by atoms with van der Waals surface area (Å²) in [6, 6.07) is 2.44. The van der Waals surface area contributed by atoms with Crippen molar-refractivity contribution in [3.63, 3.8) is 0 Å². The number of hydrogen-bond acceptors (Lipinski definition) is 5. The van der Waals surface area contributed by atoms with Crippen LogP contribution in [-0.4, -0.2) is 57.5 Å². The number of amides is 1. The number of rotatable bonds is 5. The third-order valence-electron chi connectivity index (χ3n) is 6.48. The predicted octanol–water partition coefficient (Wildman–Crippen LogP) is 3.77. The average Bonchev–Trinajstić information content (AvgIpc) is 3.55. The van der Waals surface area contributed by atoms with Gasteiger partial charge >= 0.3 is 6.18 Å². The van der Waals surface area contributed by atoms with Crippen molar-refractivity contribution in [3.8, 4) is 5.88 Å². The molecule has 176 valence electrons. The van der Waals surface area contributed by atoms with E-state index in [1.807, 2.05) is 0 Å². The maximum absolute atomic E-state index is 14.0. The number of benzene rings is 1. The van der Waals surface area contributed by atoms with Crippen LogP contribution in [0.5, 0.6) is 5.88 Å². The summed E-state index contributed by atoms with van der Waals surface area (Å²) >= 11 is 0. The summed E-state index contributed by atoms with van der Waals surface area (Å²) < 4.78 is 58.4. The smallest absolute Gasteiger partial charge is 0.419 e. The minimum absolute atomic E-state index is 0.0673. The van der Waals surface area contributed by atoms with Crippen LogP contribution in [0.4, 0.5) is 17.6 Å². The standard InChI is InChI=1S/C23H24F4N4O2/c24-18-8-14(2-5-17(18)23(25,26)27)12-31-7-1-6-30-13-16(9-20(30)22(31)32)33-21-11-28-19(10-29-21)15-3-4-15/h2,5,8,10-11,15-16,20H,1,3-4,6-7,9,12-13H2. The van der Waals surface area contributed by atoms with Gasteiger partial charge < -0.3 is 9.64 Å². The predicted molar refractivity (Wildman–Crippen MR) is 110 cm³/mol. The fourth-order valence-electron chi connectivity index (χ4n) is 4.65. The molecular weight excluding hydrogens is 440 g/mol. The van der Waals surface area contributed by atoms with Gasteiger partial charge in [-0.3, -0.25) is 14.7 Å². The van der Waals surface area contributed by atoms with E-state index >= 15 is 0 Å². The molecule has 2 unspecified atom stereocenters. The van der Waals surface area contributed by atoms with Crippen LogP contribution in [0.3, 0.4) is 0 Å². The van der Waals surface area contributed by atoms with Crippen LogP contribution in [0, 0.1) is 5.82 Å². The molecule has 1 amide bonds. The number of nitrogens with zero attached hydrogens (tertiary/aromatic N) is 4. The lowest BCUT2D eigenvalue weighted by molar-refractivity contribution is -0.140. The summed E-state index contributed by atoms with van der Waals surface area (Å²) in [5.74, 6) is -0.495. The Kier molecular flexibility index (Phi) is 5.72. The number of carbonyl (C=O) groups is 1. The quantitative estimate of drug-likeness (QED) is 0.631. The summed E-state index contributed by atoms with van der Waals surface area (Å²) in [7, 11) is 0. The molecule has 0 spiro atoms. The fraction of sp³-hybridized carbons (Fsp3) is 0.522. The molecule has 3 aliphatic rings. The van der Waals surface area contributed by atoms with Crippen molar-refractivity contribution in [2.24, 2.45) is 0 Å². The SMILES string of the molecule is O=C1C2CC(Oc3cnc(C4CC4)cn3)CN2CCCN1Cc1ccc(C(F)(F)F)c(F)c1. The van der Waals surface area contributed by atoms with Crippen molar-refractivity contribution in [3.05, 3.63) is 53.2 Å². The minimum Gasteiger partial charge on any atom is -0.472 e. The summed E-state index contributed by atoms with van der Waals surface area (Å²) in [5.41, 5.74) is 0.0102. The molecule has 2 atom stereocenters. The molecule has 33 heavy (non-hydrogen) atoms. The first kappa shape index (κ1) is 22.1. The van der Waals surface area contributed by atoms with Crippen molar-refractivity contribution in [1.29, 1.82) is 0 Å². The monoisotopic (exact) mass is 464 g/mol. The Labute approximate surface area is 188 Å². The molecule has 2 aromatic rings. The van der Waals surface area contributed by atoms with Crippen LogP contribution in [-0.2, 0) is 17.5 Å². The number of fused-ring (bicyclic) bond motifs is 1. The van der Waals surface area contributed by atoms with Gasteiger partial charge in [0.25, 0.3) is 0 Å². The molecule has 0 radical (unpaired) electrons. The normalized spacial score (nSPS) is 24.0. The molecule has 0 bridgehead atoms. The third kappa shape index (κ3) is 4.80. The number of halogens is 4. The van der Waals surface area contributed by atoms with Gasteiger partial charge in [0.1, 0.15) is 11.9 Å². The molecule has 2 saturated heterocycles. The summed E-state index contributed by atoms with van der Waals surface area (Å²) in [6.45, 7) is 1.83. The first-order valence-electron chi connectivity index (χ1n) is 11.1. The lowest BCUT2D eigenvalue weighted by Crippen LogP contribution is -2.42. The van der Waals surface area contributed by atoms with E-state index in [2.05, 4.69) is 14.9 Å². The molecule has 1 aromatic carbocycles. The van der Waals surface area contributed by atoms with E-state index < -0.39 is 17.6 Å². The van der Waals surface area contributed by atoms with Crippen LogP contribution >= 0.6 is 0 Å². The summed E-state index contributed by atoms with van der Waals surface area (Å²) in [4.78, 5) is 25.6. The van der Waals surface area contributed by atoms with Crippen LogP contribution < -0.4 is 4.74 Å². The zero-order chi connectivity index (χ0) is 23.2. The van der Waals surface area contributed by atoms with Gasteiger partial charge in [-0.15, -0.1) is 0 Å². The Morgan fingerprint density at radius 3 is 2.61 bits per heavy atom. The van der Waals surface area contributed by atoms with Crippen LogP contribution in [0.2, 0.25) is 0 Å². The van der Waals surface area contributed by atoms with Gasteiger partial charge in [0.15, 0.2) is 0 Å². The van der Waals surface area contributed by atoms with Crippen molar-refractivity contribution < 1.29 is 27.1 Å². The molecule has 1 aromatic heterocycles. The Morgan fingerprint density at radius 2 is 1.94 bits per heavy atom. The van der Waals surface area contributed by atoms with Crippen LogP contribution in [0.25, 0.3) is 0 Å². The van der Waals surface area contributed by atoms with E-state index in [0.717, 1.165) is 30.7 Å². The maximum Gasteiger partial charge on any atom is 0.419 e. The molecular formula is C23H24F4N4O2. The van der Waals surface area contributed by atoms with Crippen LogP contribution in [0.1, 0.15) is 48.4 Å². The Balaban J connectivity index is 1.23. The van der Waals surface area contributed by atoms with Gasteiger partial charge in [-0.05, 0) is 37.0 Å². The highest BCUT2D eigenvalue weighted by Gasteiger charge is 2.41. The van der Waals surface area contributed by atoms with E-state index in [9.17, 15) is 22.4 Å². The second-order valence-corrected chi connectivity index (χ2v) is 8.97. The molecule has 10 heteroatoms. The fourth-order valence-corrected chi connectivity index (χ4v) is 4.65. The van der Waals surface area contributed by atoms with E-state index in [0.29, 0.717) is 49.8 Å². The van der Waals surface area contributed by atoms with Crippen molar-refractivity contribution in [2.75, 3.05) is 19.6 Å². The van der Waals surface area contributed by atoms with Gasteiger partial charge in [-0.2, -0.15) is 13.2 Å². The highest BCUT2D eigenvalue weighted by Crippen LogP contribution is 2.38. The van der Waals surface area contributed by atoms with Gasteiger partial charge in [0.2, 0.25) is 11.8 Å². The average molecular weight is 464 g/mol. The second kappa shape index (κ2) is 8.55. The molecule has 1 aliphatic carbocycles. The number of aromatic nitrogens is 2. The first-order valence-corrected chi connectivity index (χ1v) is 11.1. The second-order valence-electron chi connectivity index (χ2n) is 8.97. The lowest BCUT2D eigenvalue weighted by Gasteiger charge is -2.25. The van der Waals surface area contributed by atoms with E-state index in [1.54, 1.807) is 17.3 Å². The Morgan fingerprint density at radius 1 is 1.12 bits per heavy atom. The number of alkyl halides is 3. The van der Waals surface area contributed by atoms with E-state index in [-0.39, 0.29) is 24.6 Å². The van der Waals surface area contributed by atoms with E-state index in [1.165, 1.54) is 6.07 Å². The van der Waals surface area contributed by atoms with Gasteiger partial charge in [0, 0.05) is 38.5 Å². The molecule has 3 heterocycles. The first-order chi connectivity index (χ1) is 15.8. The van der Waals surface area contributed by atoms with Gasteiger partial charge in [-0.25, -0.2) is 9.37 Å². The number of hydrogen-bond donors (Lipinski definition) is 0. The van der Waals surface area contributed by atoms with Crippen molar-refractivity contribution in [2.45, 2.75) is 56.5 Å². The molecule has 6 nitrogen and oxygen atoms in total. The van der Waals surface area contributed by atoms with E-state index in [4.69, 9.17) is 4.74 Å². The Hall–Kier alpha value is -2.75. The molecule has 2 aliphatic heterocycles.